The van der Waals surface area contributed by atoms with Gasteiger partial charge in [-0.1, -0.05) is 17.7 Å². The van der Waals surface area contributed by atoms with Crippen LogP contribution in [0, 0.1) is 6.92 Å². The third-order valence-electron chi connectivity index (χ3n) is 6.25. The molecule has 8 heteroatoms. The number of hydrogen-bond donors (Lipinski definition) is 1. The summed E-state index contributed by atoms with van der Waals surface area (Å²) in [7, 11) is 1.64. The molecule has 0 saturated carbocycles. The number of nitrogens with zero attached hydrogens (tertiary/aromatic N) is 3. The molecule has 2 aromatic heterocycles. The largest absolute Gasteiger partial charge is 0.497 e. The lowest BCUT2D eigenvalue weighted by Gasteiger charge is -2.36. The highest BCUT2D eigenvalue weighted by Crippen LogP contribution is 2.35. The Hall–Kier alpha value is -3.29. The summed E-state index contributed by atoms with van der Waals surface area (Å²) in [5.74, 6) is 0.762. The molecule has 1 saturated heterocycles. The molecule has 2 aromatic carbocycles. The van der Waals surface area contributed by atoms with Crippen LogP contribution < -0.4 is 15.4 Å². The molecule has 1 aliphatic heterocycles. The van der Waals surface area contributed by atoms with Gasteiger partial charge in [0.05, 0.1) is 18.5 Å². The molecular formula is C26H25ClN4O2S. The Morgan fingerprint density at radius 3 is 2.50 bits per heavy atom. The van der Waals surface area contributed by atoms with E-state index in [1.54, 1.807) is 7.11 Å². The van der Waals surface area contributed by atoms with Crippen molar-refractivity contribution in [3.63, 3.8) is 0 Å². The SMILES string of the molecule is COc1ccc(-c2ccc3c(N)c(C(=O)N4CCN(c5cc(Cl)ccc5C)CC4)sc3n2)cc1. The molecule has 4 aromatic rings. The summed E-state index contributed by atoms with van der Waals surface area (Å²) in [6.45, 7) is 4.83. The zero-order valence-electron chi connectivity index (χ0n) is 19.0. The van der Waals surface area contributed by atoms with Crippen LogP contribution in [0.25, 0.3) is 21.5 Å². The molecular weight excluding hydrogens is 468 g/mol. The number of carbonyl (C=O) groups excluding carboxylic acids is 1. The summed E-state index contributed by atoms with van der Waals surface area (Å²) in [6, 6.07) is 17.6. The minimum atomic E-state index is -0.0334. The van der Waals surface area contributed by atoms with Gasteiger partial charge in [-0.2, -0.15) is 0 Å². The number of thiophene rings is 1. The van der Waals surface area contributed by atoms with E-state index in [1.165, 1.54) is 16.9 Å². The van der Waals surface area contributed by atoms with E-state index in [4.69, 9.17) is 27.1 Å². The predicted molar refractivity (Wildman–Crippen MR) is 140 cm³/mol. The van der Waals surface area contributed by atoms with Gasteiger partial charge in [0.25, 0.3) is 5.91 Å². The fourth-order valence-electron chi connectivity index (χ4n) is 4.30. The van der Waals surface area contributed by atoms with E-state index in [-0.39, 0.29) is 5.91 Å². The average Bonchev–Trinajstić information content (AvgIpc) is 3.21. The maximum Gasteiger partial charge on any atom is 0.266 e. The van der Waals surface area contributed by atoms with E-state index in [1.807, 2.05) is 59.5 Å². The van der Waals surface area contributed by atoms with Crippen LogP contribution in [0.15, 0.2) is 54.6 Å². The quantitative estimate of drug-likeness (QED) is 0.408. The van der Waals surface area contributed by atoms with Gasteiger partial charge >= 0.3 is 0 Å². The molecule has 0 atom stereocenters. The highest BCUT2D eigenvalue weighted by molar-refractivity contribution is 7.21. The number of halogens is 1. The topological polar surface area (TPSA) is 71.7 Å². The van der Waals surface area contributed by atoms with Gasteiger partial charge in [-0.3, -0.25) is 4.79 Å². The Balaban J connectivity index is 1.35. The first kappa shape index (κ1) is 22.5. The highest BCUT2D eigenvalue weighted by atomic mass is 35.5. The van der Waals surface area contributed by atoms with E-state index in [0.717, 1.165) is 51.0 Å². The van der Waals surface area contributed by atoms with Crippen LogP contribution in [0.5, 0.6) is 5.75 Å². The number of carbonyl (C=O) groups is 1. The lowest BCUT2D eigenvalue weighted by Crippen LogP contribution is -2.49. The molecule has 0 unspecified atom stereocenters. The lowest BCUT2D eigenvalue weighted by atomic mass is 10.1. The fraction of sp³-hybridized carbons (Fsp3) is 0.231. The number of rotatable bonds is 4. The van der Waals surface area contributed by atoms with Gasteiger partial charge in [0.2, 0.25) is 0 Å². The summed E-state index contributed by atoms with van der Waals surface area (Å²) in [5.41, 5.74) is 11.0. The Morgan fingerprint density at radius 1 is 1.06 bits per heavy atom. The predicted octanol–water partition coefficient (Wildman–Crippen LogP) is 5.48. The van der Waals surface area contributed by atoms with Gasteiger partial charge < -0.3 is 20.3 Å². The van der Waals surface area contributed by atoms with Crippen LogP contribution in [0.2, 0.25) is 5.02 Å². The van der Waals surface area contributed by atoms with E-state index < -0.39 is 0 Å². The Morgan fingerprint density at radius 2 is 1.79 bits per heavy atom. The monoisotopic (exact) mass is 492 g/mol. The van der Waals surface area contributed by atoms with Gasteiger partial charge in [0.1, 0.15) is 15.5 Å². The summed E-state index contributed by atoms with van der Waals surface area (Å²) >= 11 is 7.56. The van der Waals surface area contributed by atoms with Gasteiger partial charge in [-0.15, -0.1) is 11.3 Å². The molecule has 0 radical (unpaired) electrons. The van der Waals surface area contributed by atoms with E-state index in [0.29, 0.717) is 23.7 Å². The molecule has 0 spiro atoms. The van der Waals surface area contributed by atoms with Crippen LogP contribution in [-0.2, 0) is 0 Å². The van der Waals surface area contributed by atoms with Crippen molar-refractivity contribution in [1.29, 1.82) is 0 Å². The van der Waals surface area contributed by atoms with Crippen molar-refractivity contribution in [3.05, 3.63) is 70.1 Å². The zero-order valence-corrected chi connectivity index (χ0v) is 20.6. The summed E-state index contributed by atoms with van der Waals surface area (Å²) < 4.78 is 5.24. The highest BCUT2D eigenvalue weighted by Gasteiger charge is 2.27. The number of ether oxygens (including phenoxy) is 1. The lowest BCUT2D eigenvalue weighted by molar-refractivity contribution is 0.0752. The van der Waals surface area contributed by atoms with E-state index in [9.17, 15) is 4.79 Å². The van der Waals surface area contributed by atoms with Crippen molar-refractivity contribution in [2.24, 2.45) is 0 Å². The third-order valence-corrected chi connectivity index (χ3v) is 7.59. The second-order valence-corrected chi connectivity index (χ2v) is 9.77. The number of nitrogen functional groups attached to an aromatic ring is 1. The molecule has 0 aliphatic carbocycles. The average molecular weight is 493 g/mol. The maximum atomic E-state index is 13.4. The number of benzene rings is 2. The van der Waals surface area contributed by atoms with Crippen molar-refractivity contribution >= 4 is 50.4 Å². The molecule has 2 N–H and O–H groups in total. The second kappa shape index (κ2) is 9.16. The minimum absolute atomic E-state index is 0.0334. The van der Waals surface area contributed by atoms with Gasteiger partial charge in [-0.05, 0) is 61.0 Å². The van der Waals surface area contributed by atoms with Crippen LogP contribution in [0.3, 0.4) is 0 Å². The molecule has 1 fully saturated rings. The van der Waals surface area contributed by atoms with Crippen LogP contribution in [0.4, 0.5) is 11.4 Å². The Kier molecular flexibility index (Phi) is 6.06. The van der Waals surface area contributed by atoms with Crippen LogP contribution >= 0.6 is 22.9 Å². The first-order valence-electron chi connectivity index (χ1n) is 11.1. The number of pyridine rings is 1. The molecule has 174 valence electrons. The van der Waals surface area contributed by atoms with Gasteiger partial charge in [0.15, 0.2) is 0 Å². The molecule has 0 bridgehead atoms. The van der Waals surface area contributed by atoms with Crippen LogP contribution in [-0.4, -0.2) is 49.1 Å². The fourth-order valence-corrected chi connectivity index (χ4v) is 5.52. The van der Waals surface area contributed by atoms with E-state index in [2.05, 4.69) is 11.8 Å². The minimum Gasteiger partial charge on any atom is -0.497 e. The smallest absolute Gasteiger partial charge is 0.266 e. The molecule has 6 nitrogen and oxygen atoms in total. The Labute approximate surface area is 207 Å². The number of fused-ring (bicyclic) bond motifs is 1. The number of nitrogens with two attached hydrogens (primary N) is 1. The number of piperazine rings is 1. The Bertz CT molecular complexity index is 1360. The normalized spacial score (nSPS) is 14.0. The number of methoxy groups -OCH3 is 1. The van der Waals surface area contributed by atoms with Crippen molar-refractivity contribution in [2.45, 2.75) is 6.92 Å². The maximum absolute atomic E-state index is 13.4. The van der Waals surface area contributed by atoms with Crippen molar-refractivity contribution in [3.8, 4) is 17.0 Å². The molecule has 5 rings (SSSR count). The van der Waals surface area contributed by atoms with Gasteiger partial charge in [-0.25, -0.2) is 4.98 Å². The van der Waals surface area contributed by atoms with Crippen molar-refractivity contribution in [2.75, 3.05) is 43.9 Å². The van der Waals surface area contributed by atoms with E-state index >= 15 is 0 Å². The first-order valence-corrected chi connectivity index (χ1v) is 12.3. The number of aryl methyl sites for hydroxylation is 1. The summed E-state index contributed by atoms with van der Waals surface area (Å²) in [4.78, 5) is 23.6. The number of anilines is 2. The molecule has 34 heavy (non-hydrogen) atoms. The number of aromatic nitrogens is 1. The van der Waals surface area contributed by atoms with Crippen LogP contribution in [0.1, 0.15) is 15.2 Å². The number of amides is 1. The molecule has 1 aliphatic rings. The molecule has 1 amide bonds. The van der Waals surface area contributed by atoms with Crippen molar-refractivity contribution in [1.82, 2.24) is 9.88 Å². The third kappa shape index (κ3) is 4.17. The zero-order chi connectivity index (χ0) is 23.8. The van der Waals surface area contributed by atoms with Crippen molar-refractivity contribution < 1.29 is 9.53 Å². The second-order valence-electron chi connectivity index (χ2n) is 8.33. The first-order chi connectivity index (χ1) is 16.4. The standard InChI is InChI=1S/C26H25ClN4O2S/c1-16-3-6-18(27)15-22(16)30-11-13-31(14-12-30)26(32)24-23(28)20-9-10-21(29-25(20)34-24)17-4-7-19(33-2)8-5-17/h3-10,15H,11-14,28H2,1-2H3. The summed E-state index contributed by atoms with van der Waals surface area (Å²) in [5, 5.41) is 1.54. The molecule has 3 heterocycles. The summed E-state index contributed by atoms with van der Waals surface area (Å²) in [6.07, 6.45) is 0. The van der Waals surface area contributed by atoms with Gasteiger partial charge in [0, 0.05) is 47.8 Å². The number of hydrogen-bond acceptors (Lipinski definition) is 6.